The van der Waals surface area contributed by atoms with Crippen molar-refractivity contribution in [2.24, 2.45) is 0 Å². The van der Waals surface area contributed by atoms with Crippen molar-refractivity contribution in [3.63, 3.8) is 0 Å². The van der Waals surface area contributed by atoms with E-state index in [1.54, 1.807) is 17.0 Å². The number of rotatable bonds is 3. The van der Waals surface area contributed by atoms with Crippen LogP contribution >= 0.6 is 11.6 Å². The molecule has 1 aromatic rings. The number of amides is 2. The summed E-state index contributed by atoms with van der Waals surface area (Å²) in [5, 5.41) is 3.52. The Morgan fingerprint density at radius 2 is 1.80 bits per heavy atom. The predicted octanol–water partition coefficient (Wildman–Crippen LogP) is 2.75. The summed E-state index contributed by atoms with van der Waals surface area (Å²) in [7, 11) is 0. The lowest BCUT2D eigenvalue weighted by molar-refractivity contribution is -0.130. The molecule has 1 aliphatic heterocycles. The van der Waals surface area contributed by atoms with Crippen molar-refractivity contribution in [3.8, 4) is 0 Å². The first kappa shape index (κ1) is 14.9. The minimum absolute atomic E-state index is 0.0457. The van der Waals surface area contributed by atoms with Crippen molar-refractivity contribution in [2.75, 3.05) is 11.4 Å². The average molecular weight is 295 g/mol. The van der Waals surface area contributed by atoms with Crippen LogP contribution in [-0.4, -0.2) is 23.9 Å². The molecule has 0 bridgehead atoms. The van der Waals surface area contributed by atoms with Crippen LogP contribution in [0.2, 0.25) is 5.02 Å². The first-order chi connectivity index (χ1) is 9.52. The summed E-state index contributed by atoms with van der Waals surface area (Å²) in [6, 6.07) is 7.13. The van der Waals surface area contributed by atoms with Gasteiger partial charge in [-0.05, 0) is 37.1 Å². The van der Waals surface area contributed by atoms with Crippen molar-refractivity contribution < 1.29 is 9.59 Å². The summed E-state index contributed by atoms with van der Waals surface area (Å²) < 4.78 is 0. The van der Waals surface area contributed by atoms with Gasteiger partial charge in [0.2, 0.25) is 5.91 Å². The molecule has 0 unspecified atom stereocenters. The fourth-order valence-corrected chi connectivity index (χ4v) is 2.68. The molecule has 1 heterocycles. The van der Waals surface area contributed by atoms with Crippen LogP contribution in [0.15, 0.2) is 24.3 Å². The molecule has 0 spiro atoms. The van der Waals surface area contributed by atoms with Crippen LogP contribution in [-0.2, 0) is 9.59 Å². The molecular weight excluding hydrogens is 276 g/mol. The number of nitrogens with zero attached hydrogens (tertiary/aromatic N) is 1. The maximum Gasteiger partial charge on any atom is 0.252 e. The maximum atomic E-state index is 12.8. The fourth-order valence-electron chi connectivity index (χ4n) is 2.55. The molecule has 0 atom stereocenters. The third-order valence-corrected chi connectivity index (χ3v) is 4.19. The van der Waals surface area contributed by atoms with Crippen LogP contribution < -0.4 is 10.2 Å². The van der Waals surface area contributed by atoms with Gasteiger partial charge in [-0.2, -0.15) is 0 Å². The van der Waals surface area contributed by atoms with Gasteiger partial charge in [0.15, 0.2) is 0 Å². The molecule has 0 radical (unpaired) electrons. The number of hydrogen-bond acceptors (Lipinski definition) is 2. The molecule has 2 amide bonds. The molecule has 2 rings (SSSR count). The van der Waals surface area contributed by atoms with Crippen molar-refractivity contribution in [3.05, 3.63) is 29.3 Å². The van der Waals surface area contributed by atoms with Gasteiger partial charge in [-0.15, -0.1) is 0 Å². The molecule has 0 aromatic heterocycles. The lowest BCUT2D eigenvalue weighted by Gasteiger charge is -2.33. The molecule has 1 aromatic carbocycles. The second-order valence-electron chi connectivity index (χ2n) is 5.02. The molecule has 1 fully saturated rings. The molecule has 5 heteroatoms. The van der Waals surface area contributed by atoms with Gasteiger partial charge < -0.3 is 10.2 Å². The van der Waals surface area contributed by atoms with E-state index in [2.05, 4.69) is 5.32 Å². The summed E-state index contributed by atoms with van der Waals surface area (Å²) in [5.41, 5.74) is -0.0186. The summed E-state index contributed by atoms with van der Waals surface area (Å²) >= 11 is 5.88. The Hall–Kier alpha value is -1.55. The highest BCUT2D eigenvalue weighted by molar-refractivity contribution is 6.30. The first-order valence-corrected chi connectivity index (χ1v) is 7.28. The molecule has 1 N–H and O–H groups in total. The van der Waals surface area contributed by atoms with Gasteiger partial charge in [-0.25, -0.2) is 0 Å². The van der Waals surface area contributed by atoms with Gasteiger partial charge in [0.1, 0.15) is 5.54 Å². The quantitative estimate of drug-likeness (QED) is 0.932. The number of hydrogen-bond donors (Lipinski definition) is 1. The van der Waals surface area contributed by atoms with Crippen molar-refractivity contribution in [2.45, 2.75) is 38.6 Å². The van der Waals surface area contributed by atoms with Gasteiger partial charge in [-0.3, -0.25) is 9.59 Å². The van der Waals surface area contributed by atoms with Crippen LogP contribution in [0, 0.1) is 0 Å². The van der Waals surface area contributed by atoms with Crippen LogP contribution in [0.4, 0.5) is 5.69 Å². The normalized spacial score (nSPS) is 18.6. The Morgan fingerprint density at radius 1 is 1.20 bits per heavy atom. The Labute approximate surface area is 124 Å². The van der Waals surface area contributed by atoms with Gasteiger partial charge in [0.05, 0.1) is 0 Å². The third kappa shape index (κ3) is 2.66. The van der Waals surface area contributed by atoms with E-state index in [1.165, 1.54) is 0 Å². The molecule has 0 saturated carbocycles. The lowest BCUT2D eigenvalue weighted by atomic mass is 9.91. The zero-order valence-corrected chi connectivity index (χ0v) is 12.5. The van der Waals surface area contributed by atoms with E-state index in [4.69, 9.17) is 11.6 Å². The fraction of sp³-hybridized carbons (Fsp3) is 0.467. The molecule has 0 aliphatic carbocycles. The standard InChI is InChI=1S/C15H19ClN2O2/c1-3-15(4-2)14(20)18(10-9-13(19)17-15)12-7-5-11(16)6-8-12/h5-8H,3-4,9-10H2,1-2H3,(H,17,19). The maximum absolute atomic E-state index is 12.8. The summed E-state index contributed by atoms with van der Waals surface area (Å²) in [4.78, 5) is 26.4. The number of nitrogens with one attached hydrogen (secondary N) is 1. The number of carbonyl (C=O) groups is 2. The second-order valence-corrected chi connectivity index (χ2v) is 5.46. The Morgan fingerprint density at radius 3 is 2.35 bits per heavy atom. The van der Waals surface area contributed by atoms with Crippen molar-refractivity contribution >= 4 is 29.1 Å². The predicted molar refractivity (Wildman–Crippen MR) is 79.9 cm³/mol. The minimum atomic E-state index is -0.798. The van der Waals surface area contributed by atoms with Crippen LogP contribution in [0.25, 0.3) is 0 Å². The summed E-state index contributed by atoms with van der Waals surface area (Å²) in [5.74, 6) is -0.116. The van der Waals surface area contributed by atoms with Crippen LogP contribution in [0.1, 0.15) is 33.1 Å². The highest BCUT2D eigenvalue weighted by Crippen LogP contribution is 2.27. The van der Waals surface area contributed by atoms with Gasteiger partial charge in [0, 0.05) is 23.7 Å². The first-order valence-electron chi connectivity index (χ1n) is 6.91. The van der Waals surface area contributed by atoms with E-state index < -0.39 is 5.54 Å². The highest BCUT2D eigenvalue weighted by Gasteiger charge is 2.42. The van der Waals surface area contributed by atoms with E-state index in [1.807, 2.05) is 26.0 Å². The summed E-state index contributed by atoms with van der Waals surface area (Å²) in [6.45, 7) is 4.24. The third-order valence-electron chi connectivity index (χ3n) is 3.94. The van der Waals surface area contributed by atoms with E-state index >= 15 is 0 Å². The van der Waals surface area contributed by atoms with E-state index in [0.717, 1.165) is 5.69 Å². The minimum Gasteiger partial charge on any atom is -0.342 e. The Bertz CT molecular complexity index is 509. The number of anilines is 1. The van der Waals surface area contributed by atoms with Crippen molar-refractivity contribution in [1.29, 1.82) is 0 Å². The zero-order valence-electron chi connectivity index (χ0n) is 11.8. The zero-order chi connectivity index (χ0) is 14.8. The molecule has 4 nitrogen and oxygen atoms in total. The Kier molecular flexibility index (Phi) is 4.33. The Balaban J connectivity index is 2.39. The summed E-state index contributed by atoms with van der Waals surface area (Å²) in [6.07, 6.45) is 1.48. The molecule has 20 heavy (non-hydrogen) atoms. The number of carbonyl (C=O) groups excluding carboxylic acids is 2. The largest absolute Gasteiger partial charge is 0.342 e. The molecular formula is C15H19ClN2O2. The topological polar surface area (TPSA) is 49.4 Å². The number of benzene rings is 1. The molecule has 108 valence electrons. The van der Waals surface area contributed by atoms with Gasteiger partial charge in [0.25, 0.3) is 5.91 Å². The lowest BCUT2D eigenvalue weighted by Crippen LogP contribution is -2.56. The second kappa shape index (κ2) is 5.83. The van der Waals surface area contributed by atoms with E-state index in [9.17, 15) is 9.59 Å². The van der Waals surface area contributed by atoms with Gasteiger partial charge in [-0.1, -0.05) is 25.4 Å². The van der Waals surface area contributed by atoms with Crippen molar-refractivity contribution in [1.82, 2.24) is 5.32 Å². The van der Waals surface area contributed by atoms with Crippen LogP contribution in [0.5, 0.6) is 0 Å². The van der Waals surface area contributed by atoms with Gasteiger partial charge >= 0.3 is 0 Å². The smallest absolute Gasteiger partial charge is 0.252 e. The highest BCUT2D eigenvalue weighted by atomic mass is 35.5. The molecule has 1 aliphatic rings. The average Bonchev–Trinajstić information content (AvgIpc) is 2.58. The van der Waals surface area contributed by atoms with E-state index in [0.29, 0.717) is 30.8 Å². The SMILES string of the molecule is CCC1(CC)NC(=O)CCN(c2ccc(Cl)cc2)C1=O. The number of halogens is 1. The van der Waals surface area contributed by atoms with Crippen LogP contribution in [0.3, 0.4) is 0 Å². The van der Waals surface area contributed by atoms with E-state index in [-0.39, 0.29) is 11.8 Å². The molecule has 1 saturated heterocycles. The monoisotopic (exact) mass is 294 g/mol.